The molecule has 0 atom stereocenters. The molecule has 0 heterocycles. The summed E-state index contributed by atoms with van der Waals surface area (Å²) in [7, 11) is -2.63. The minimum atomic E-state index is -3.89. The van der Waals surface area contributed by atoms with Crippen molar-refractivity contribution in [3.8, 4) is 0 Å². The van der Waals surface area contributed by atoms with Gasteiger partial charge in [0.15, 0.2) is 0 Å². The van der Waals surface area contributed by atoms with Gasteiger partial charge in [0, 0.05) is 13.5 Å². The van der Waals surface area contributed by atoms with Crippen molar-refractivity contribution < 1.29 is 17.4 Å². The van der Waals surface area contributed by atoms with Crippen molar-refractivity contribution in [1.29, 1.82) is 0 Å². The second-order valence-electron chi connectivity index (χ2n) is 6.72. The van der Waals surface area contributed by atoms with Gasteiger partial charge in [0.2, 0.25) is 5.91 Å². The first-order valence-electron chi connectivity index (χ1n) is 10.1. The van der Waals surface area contributed by atoms with E-state index in [1.807, 2.05) is 0 Å². The summed E-state index contributed by atoms with van der Waals surface area (Å²) in [4.78, 5) is 11.8. The zero-order valence-corrected chi connectivity index (χ0v) is 17.4. The first-order valence-corrected chi connectivity index (χ1v) is 11.5. The van der Waals surface area contributed by atoms with E-state index < -0.39 is 16.2 Å². The van der Waals surface area contributed by atoms with Gasteiger partial charge in [-0.05, 0) is 13.3 Å². The summed E-state index contributed by atoms with van der Waals surface area (Å²) in [6, 6.07) is 0. The van der Waals surface area contributed by atoms with Crippen LogP contribution in [0.1, 0.15) is 104 Å². The molecule has 0 aliphatic carbocycles. The van der Waals surface area contributed by atoms with E-state index in [9.17, 15) is 13.2 Å². The van der Waals surface area contributed by atoms with Crippen LogP contribution in [-0.4, -0.2) is 61.8 Å². The molecular weight excluding hydrogens is 361 g/mol. The molecule has 7 heteroatoms. The molecule has 0 aromatic rings. The number of carbonyl (C=O) groups excluding carboxylic acids is 1. The van der Waals surface area contributed by atoms with E-state index >= 15 is 0 Å². The number of amides is 1. The van der Waals surface area contributed by atoms with Crippen molar-refractivity contribution in [3.05, 3.63) is 0 Å². The molecule has 1 amide bonds. The molecule has 26 heavy (non-hydrogen) atoms. The normalized spacial score (nSPS) is 11.2. The maximum atomic E-state index is 11.8. The maximum absolute atomic E-state index is 11.8. The second kappa shape index (κ2) is 18.7. The fourth-order valence-electron chi connectivity index (χ4n) is 2.80. The summed E-state index contributed by atoms with van der Waals surface area (Å²) in [5.41, 5.74) is 0. The Hall–Kier alpha value is 0.380. The van der Waals surface area contributed by atoms with Crippen molar-refractivity contribution in [2.24, 2.45) is 0 Å². The number of hydrogen-bond acceptors (Lipinski definition) is 4. The predicted molar refractivity (Wildman–Crippen MR) is 111 cm³/mol. The Balaban J connectivity index is 0. The second-order valence-corrected chi connectivity index (χ2v) is 8.36. The molecule has 5 nitrogen and oxygen atoms in total. The Morgan fingerprint density at radius 3 is 1.54 bits per heavy atom. The van der Waals surface area contributed by atoms with Crippen LogP contribution < -0.4 is 0 Å². The third-order valence-corrected chi connectivity index (χ3v) is 5.86. The minimum absolute atomic E-state index is 0. The molecule has 152 valence electrons. The van der Waals surface area contributed by atoms with Crippen LogP contribution in [0.25, 0.3) is 0 Å². The third-order valence-electron chi connectivity index (χ3n) is 4.45. The molecule has 0 bridgehead atoms. The molecule has 0 saturated carbocycles. The summed E-state index contributed by atoms with van der Waals surface area (Å²) >= 11 is 0. The fourth-order valence-corrected chi connectivity index (χ4v) is 3.60. The molecule has 0 saturated heterocycles. The van der Waals surface area contributed by atoms with Crippen molar-refractivity contribution in [2.75, 3.05) is 13.7 Å². The number of hydrogen-bond donors (Lipinski definition) is 0. The number of rotatable bonds is 17. The molecule has 0 aromatic carbocycles. The monoisotopic (exact) mass is 401 g/mol. The van der Waals surface area contributed by atoms with Gasteiger partial charge in [-0.25, -0.2) is 4.31 Å². The van der Waals surface area contributed by atoms with Gasteiger partial charge in [-0.2, -0.15) is 8.42 Å². The first-order chi connectivity index (χ1) is 12.0. The van der Waals surface area contributed by atoms with Gasteiger partial charge in [0.25, 0.3) is 0 Å². The van der Waals surface area contributed by atoms with Crippen molar-refractivity contribution in [1.82, 2.24) is 4.31 Å². The van der Waals surface area contributed by atoms with E-state index in [2.05, 4.69) is 11.1 Å². The topological polar surface area (TPSA) is 63.7 Å². The van der Waals surface area contributed by atoms with Crippen LogP contribution in [0.15, 0.2) is 0 Å². The molecule has 0 fully saturated rings. The first kappa shape index (κ1) is 28.6. The number of carbonyl (C=O) groups is 1. The van der Waals surface area contributed by atoms with Crippen LogP contribution in [0.5, 0.6) is 0 Å². The van der Waals surface area contributed by atoms with E-state index in [0.717, 1.165) is 23.6 Å². The fraction of sp³-hybridized carbons (Fsp3) is 0.947. The van der Waals surface area contributed by atoms with E-state index in [1.165, 1.54) is 71.3 Å². The average Bonchev–Trinajstić information content (AvgIpc) is 2.58. The Kier molecular flexibility index (Phi) is 20.6. The van der Waals surface area contributed by atoms with Crippen molar-refractivity contribution in [2.45, 2.75) is 104 Å². The van der Waals surface area contributed by atoms with E-state index in [1.54, 1.807) is 6.92 Å². The van der Waals surface area contributed by atoms with E-state index in [0.29, 0.717) is 0 Å². The van der Waals surface area contributed by atoms with Crippen LogP contribution in [0.2, 0.25) is 0 Å². The molecule has 0 unspecified atom stereocenters. The Morgan fingerprint density at radius 1 is 0.769 bits per heavy atom. The van der Waals surface area contributed by atoms with Gasteiger partial charge < -0.3 is 0 Å². The van der Waals surface area contributed by atoms with Crippen LogP contribution in [0.4, 0.5) is 0 Å². The molecule has 0 spiro atoms. The molecule has 0 aliphatic rings. The Morgan fingerprint density at radius 2 is 1.15 bits per heavy atom. The van der Waals surface area contributed by atoms with Gasteiger partial charge in [0.05, 0.1) is 6.61 Å². The van der Waals surface area contributed by atoms with E-state index in [4.69, 9.17) is 0 Å². The zero-order chi connectivity index (χ0) is 19.0. The van der Waals surface area contributed by atoms with Gasteiger partial charge >= 0.3 is 39.9 Å². The molecule has 0 rings (SSSR count). The summed E-state index contributed by atoms with van der Waals surface area (Å²) in [6.45, 7) is 3.87. The summed E-state index contributed by atoms with van der Waals surface area (Å²) in [5, 5.41) is 0. The van der Waals surface area contributed by atoms with Crippen molar-refractivity contribution in [3.63, 3.8) is 0 Å². The average molecular weight is 402 g/mol. The summed E-state index contributed by atoms with van der Waals surface area (Å²) in [5.74, 6) is -0.392. The predicted octanol–water partition coefficient (Wildman–Crippen LogP) is 4.56. The summed E-state index contributed by atoms with van der Waals surface area (Å²) in [6.07, 6.45) is 16.4. The summed E-state index contributed by atoms with van der Waals surface area (Å²) < 4.78 is 28.5. The molecule has 0 N–H and O–H groups in total. The molecule has 0 radical (unpaired) electrons. The van der Waals surface area contributed by atoms with Gasteiger partial charge in [-0.1, -0.05) is 84.0 Å². The van der Waals surface area contributed by atoms with Crippen LogP contribution in [0, 0.1) is 0 Å². The Bertz CT molecular complexity index is 429. The standard InChI is InChI=1S/C19H39NO4S.Na.H/c1-4-6-7-8-9-10-11-12-13-14-15-16-17-18-19(21)20(3)25(22,23)24-5-2;;/h4-18H2,1-3H3;;. The number of nitrogens with zero attached hydrogens (tertiary/aromatic N) is 1. The van der Waals surface area contributed by atoms with Gasteiger partial charge in [-0.15, -0.1) is 0 Å². The third kappa shape index (κ3) is 15.4. The zero-order valence-electron chi connectivity index (χ0n) is 16.6. The molecular formula is C19H40NNaO4S. The molecule has 0 aliphatic heterocycles. The van der Waals surface area contributed by atoms with Crippen LogP contribution in [-0.2, 0) is 19.3 Å². The van der Waals surface area contributed by atoms with Gasteiger partial charge in [0.1, 0.15) is 0 Å². The van der Waals surface area contributed by atoms with Gasteiger partial charge in [-0.3, -0.25) is 8.98 Å². The van der Waals surface area contributed by atoms with Crippen LogP contribution >= 0.6 is 0 Å². The van der Waals surface area contributed by atoms with Crippen molar-refractivity contribution >= 4 is 45.8 Å². The van der Waals surface area contributed by atoms with E-state index in [-0.39, 0.29) is 42.6 Å². The quantitative estimate of drug-likeness (QED) is 0.265. The SMILES string of the molecule is CCCCCCCCCCCCCCCC(=O)N(C)S(=O)(=O)OCC.[NaH]. The van der Waals surface area contributed by atoms with Crippen LogP contribution in [0.3, 0.4) is 0 Å². The Labute approximate surface area is 184 Å². The molecule has 0 aromatic heterocycles. The number of unbranched alkanes of at least 4 members (excludes halogenated alkanes) is 12.